The molecule has 1 heterocycles. The van der Waals surface area contributed by atoms with Crippen molar-refractivity contribution in [3.63, 3.8) is 0 Å². The Kier molecular flexibility index (Phi) is 11.1. The molecule has 0 fully saturated rings. The highest BCUT2D eigenvalue weighted by Crippen LogP contribution is 2.45. The van der Waals surface area contributed by atoms with Crippen LogP contribution in [0.1, 0.15) is 9.75 Å². The van der Waals surface area contributed by atoms with Crippen LogP contribution in [0.3, 0.4) is 0 Å². The van der Waals surface area contributed by atoms with E-state index in [-0.39, 0.29) is 44.3 Å². The monoisotopic (exact) mass is 572 g/mol. The van der Waals surface area contributed by atoms with Crippen LogP contribution < -0.4 is 11.5 Å². The van der Waals surface area contributed by atoms with Crippen LogP contribution in [0.2, 0.25) is 0 Å². The summed E-state index contributed by atoms with van der Waals surface area (Å²) in [6.45, 7) is 0. The minimum absolute atomic E-state index is 0. The zero-order valence-corrected chi connectivity index (χ0v) is 21.3. The lowest BCUT2D eigenvalue weighted by Crippen LogP contribution is -2.03. The van der Waals surface area contributed by atoms with Gasteiger partial charge >= 0.3 is 0 Å². The zero-order valence-electron chi connectivity index (χ0n) is 15.4. The molecule has 0 bridgehead atoms. The maximum atomic E-state index is 7.58. The average molecular weight is 574 g/mol. The molecule has 0 amide bonds. The number of hydrogen-bond acceptors (Lipinski definition) is 5. The Bertz CT molecular complexity index is 871. The summed E-state index contributed by atoms with van der Waals surface area (Å²) in [7, 11) is 0. The van der Waals surface area contributed by atoms with E-state index in [0.29, 0.717) is 11.5 Å². The molecule has 29 heavy (non-hydrogen) atoms. The number of benzene rings is 2. The lowest BCUT2D eigenvalue weighted by Gasteiger charge is -2.10. The van der Waals surface area contributed by atoms with Crippen molar-refractivity contribution in [1.82, 2.24) is 0 Å². The van der Waals surface area contributed by atoms with E-state index in [0.717, 1.165) is 11.1 Å². The fourth-order valence-corrected chi connectivity index (χ4v) is 5.47. The second kappa shape index (κ2) is 12.4. The molecular formula is C20H22Br2N4S3. The van der Waals surface area contributed by atoms with E-state index in [1.165, 1.54) is 44.4 Å². The summed E-state index contributed by atoms with van der Waals surface area (Å²) in [6.07, 6.45) is 0. The molecule has 3 rings (SSSR count). The van der Waals surface area contributed by atoms with Crippen LogP contribution in [0, 0.1) is 10.8 Å². The molecule has 0 saturated heterocycles. The number of amidine groups is 2. The van der Waals surface area contributed by atoms with Crippen LogP contribution in [-0.2, 0) is 11.5 Å². The molecule has 9 heteroatoms. The van der Waals surface area contributed by atoms with Crippen LogP contribution in [-0.4, -0.2) is 10.3 Å². The van der Waals surface area contributed by atoms with Crippen LogP contribution in [0.25, 0.3) is 22.3 Å². The average Bonchev–Trinajstić information content (AvgIpc) is 3.04. The van der Waals surface area contributed by atoms with Gasteiger partial charge in [-0.05, 0) is 11.1 Å². The van der Waals surface area contributed by atoms with E-state index in [2.05, 4.69) is 24.3 Å². The van der Waals surface area contributed by atoms with Gasteiger partial charge < -0.3 is 11.5 Å². The van der Waals surface area contributed by atoms with Crippen LogP contribution in [0.4, 0.5) is 0 Å². The van der Waals surface area contributed by atoms with Gasteiger partial charge in [-0.3, -0.25) is 10.8 Å². The van der Waals surface area contributed by atoms with Crippen molar-refractivity contribution in [3.05, 3.63) is 70.4 Å². The Balaban J connectivity index is 0.00000210. The summed E-state index contributed by atoms with van der Waals surface area (Å²) in [5.41, 5.74) is 15.8. The fourth-order valence-electron chi connectivity index (χ4n) is 2.84. The molecule has 0 aliphatic carbocycles. The SMILES string of the molecule is Br.Br.N=C(N)SCc1sc(CSC(=N)N)c(-c2ccccc2)c1-c1ccccc1. The number of thioether (sulfide) groups is 2. The Hall–Kier alpha value is -1.26. The normalized spacial score (nSPS) is 9.93. The Morgan fingerprint density at radius 3 is 1.34 bits per heavy atom. The standard InChI is InChI=1S/C20H20N4S3.2BrH/c21-19(22)25-11-15-17(13-7-3-1-4-8-13)18(14-9-5-2-6-10-14)16(27-15)12-26-20(23)24;;/h1-10H,11-12H2,(H3,21,22)(H3,23,24);2*1H. The van der Waals surface area contributed by atoms with Gasteiger partial charge in [-0.1, -0.05) is 84.2 Å². The third-order valence-corrected chi connectivity index (χ3v) is 6.94. The number of rotatable bonds is 6. The molecule has 0 saturated carbocycles. The Morgan fingerprint density at radius 2 is 1.03 bits per heavy atom. The molecule has 0 atom stereocenters. The van der Waals surface area contributed by atoms with Crippen LogP contribution in [0.5, 0.6) is 0 Å². The number of hydrogen-bond donors (Lipinski definition) is 4. The van der Waals surface area contributed by atoms with Gasteiger partial charge in [-0.2, -0.15) is 0 Å². The second-order valence-electron chi connectivity index (χ2n) is 5.74. The lowest BCUT2D eigenvalue weighted by molar-refractivity contribution is 1.47. The van der Waals surface area contributed by atoms with Crippen LogP contribution >= 0.6 is 68.8 Å². The fraction of sp³-hybridized carbons (Fsp3) is 0.100. The van der Waals surface area contributed by atoms with Gasteiger partial charge in [0.05, 0.1) is 0 Å². The van der Waals surface area contributed by atoms with Gasteiger partial charge in [0, 0.05) is 32.4 Å². The minimum Gasteiger partial charge on any atom is -0.379 e. The van der Waals surface area contributed by atoms with Gasteiger partial charge in [0.15, 0.2) is 10.3 Å². The molecule has 6 N–H and O–H groups in total. The lowest BCUT2D eigenvalue weighted by atomic mass is 9.95. The van der Waals surface area contributed by atoms with E-state index >= 15 is 0 Å². The van der Waals surface area contributed by atoms with Crippen molar-refractivity contribution >= 4 is 79.2 Å². The predicted octanol–water partition coefficient (Wildman–Crippen LogP) is 6.49. The van der Waals surface area contributed by atoms with Crippen molar-refractivity contribution < 1.29 is 0 Å². The van der Waals surface area contributed by atoms with Crippen molar-refractivity contribution in [1.29, 1.82) is 10.8 Å². The number of nitrogens with two attached hydrogens (primary N) is 2. The molecule has 3 aromatic rings. The molecule has 0 aliphatic rings. The summed E-state index contributed by atoms with van der Waals surface area (Å²) >= 11 is 4.38. The van der Waals surface area contributed by atoms with E-state index in [4.69, 9.17) is 22.3 Å². The topological polar surface area (TPSA) is 99.7 Å². The van der Waals surface area contributed by atoms with Gasteiger partial charge in [-0.15, -0.1) is 45.3 Å². The summed E-state index contributed by atoms with van der Waals surface area (Å²) in [6, 6.07) is 20.6. The quantitative estimate of drug-likeness (QED) is 0.200. The highest BCUT2D eigenvalue weighted by Gasteiger charge is 2.21. The Labute approximate surface area is 204 Å². The molecule has 0 radical (unpaired) electrons. The first-order valence-corrected chi connectivity index (χ1v) is 11.0. The van der Waals surface area contributed by atoms with Crippen molar-refractivity contribution in [3.8, 4) is 22.3 Å². The third kappa shape index (κ3) is 6.89. The van der Waals surface area contributed by atoms with Gasteiger partial charge in [0.2, 0.25) is 0 Å². The molecular weight excluding hydrogens is 552 g/mol. The third-order valence-electron chi connectivity index (χ3n) is 3.90. The van der Waals surface area contributed by atoms with E-state index in [1.54, 1.807) is 11.3 Å². The minimum atomic E-state index is 0. The highest BCUT2D eigenvalue weighted by molar-refractivity contribution is 8.93. The molecule has 0 unspecified atom stereocenters. The van der Waals surface area contributed by atoms with Crippen molar-refractivity contribution in [2.45, 2.75) is 11.5 Å². The summed E-state index contributed by atoms with van der Waals surface area (Å²) < 4.78 is 0. The van der Waals surface area contributed by atoms with E-state index < -0.39 is 0 Å². The zero-order chi connectivity index (χ0) is 19.2. The molecule has 0 aliphatic heterocycles. The molecule has 1 aromatic heterocycles. The molecule has 0 spiro atoms. The summed E-state index contributed by atoms with van der Waals surface area (Å²) in [4.78, 5) is 2.36. The molecule has 4 nitrogen and oxygen atoms in total. The summed E-state index contributed by atoms with van der Waals surface area (Å²) in [5, 5.41) is 15.4. The first-order valence-electron chi connectivity index (χ1n) is 8.25. The first-order chi connectivity index (χ1) is 13.1. The van der Waals surface area contributed by atoms with Gasteiger partial charge in [-0.25, -0.2) is 0 Å². The largest absolute Gasteiger partial charge is 0.379 e. The predicted molar refractivity (Wildman–Crippen MR) is 142 cm³/mol. The van der Waals surface area contributed by atoms with Crippen molar-refractivity contribution in [2.75, 3.05) is 0 Å². The van der Waals surface area contributed by atoms with E-state index in [9.17, 15) is 0 Å². The number of thiophene rings is 1. The molecule has 154 valence electrons. The van der Waals surface area contributed by atoms with Gasteiger partial charge in [0.1, 0.15) is 0 Å². The maximum Gasteiger partial charge on any atom is 0.151 e. The van der Waals surface area contributed by atoms with Crippen LogP contribution in [0.15, 0.2) is 60.7 Å². The molecule has 2 aromatic carbocycles. The maximum absolute atomic E-state index is 7.58. The van der Waals surface area contributed by atoms with Crippen molar-refractivity contribution in [2.24, 2.45) is 11.5 Å². The number of nitrogens with one attached hydrogen (secondary N) is 2. The smallest absolute Gasteiger partial charge is 0.151 e. The van der Waals surface area contributed by atoms with E-state index in [1.807, 2.05) is 36.4 Å². The second-order valence-corrected chi connectivity index (χ2v) is 8.96. The summed E-state index contributed by atoms with van der Waals surface area (Å²) in [5.74, 6) is 1.30. The highest BCUT2D eigenvalue weighted by atomic mass is 79.9. The Morgan fingerprint density at radius 1 is 0.690 bits per heavy atom. The van der Waals surface area contributed by atoms with Gasteiger partial charge in [0.25, 0.3) is 0 Å². The first kappa shape index (κ1) is 25.8. The number of halogens is 2.